The van der Waals surface area contributed by atoms with Crippen molar-refractivity contribution in [2.24, 2.45) is 5.92 Å². The lowest BCUT2D eigenvalue weighted by Crippen LogP contribution is -2.32. The van der Waals surface area contributed by atoms with Gasteiger partial charge in [-0.2, -0.15) is 5.26 Å². The Labute approximate surface area is 111 Å². The van der Waals surface area contributed by atoms with Gasteiger partial charge in [0.05, 0.1) is 5.56 Å². The summed E-state index contributed by atoms with van der Waals surface area (Å²) in [5.41, 5.74) is 0.406. The van der Waals surface area contributed by atoms with Crippen LogP contribution in [0.1, 0.15) is 24.8 Å². The third-order valence-electron chi connectivity index (χ3n) is 3.24. The van der Waals surface area contributed by atoms with E-state index < -0.39 is 5.82 Å². The second-order valence-electron chi connectivity index (χ2n) is 4.77. The second-order valence-corrected chi connectivity index (χ2v) is 4.77. The molecule has 2 rings (SSSR count). The van der Waals surface area contributed by atoms with Gasteiger partial charge in [0.2, 0.25) is 5.91 Å². The number of amides is 1. The van der Waals surface area contributed by atoms with E-state index in [1.807, 2.05) is 0 Å². The van der Waals surface area contributed by atoms with E-state index >= 15 is 0 Å². The quantitative estimate of drug-likeness (QED) is 0.875. The van der Waals surface area contributed by atoms with Crippen LogP contribution < -0.4 is 10.6 Å². The van der Waals surface area contributed by atoms with Crippen molar-refractivity contribution in [3.63, 3.8) is 0 Å². The predicted octanol–water partition coefficient (Wildman–Crippen LogP) is 2.03. The Morgan fingerprint density at radius 1 is 1.58 bits per heavy atom. The zero-order valence-corrected chi connectivity index (χ0v) is 10.6. The normalized spacial score (nSPS) is 18.6. The average Bonchev–Trinajstić information content (AvgIpc) is 2.42. The Morgan fingerprint density at radius 3 is 3.11 bits per heavy atom. The topological polar surface area (TPSA) is 64.9 Å². The number of piperidine rings is 1. The van der Waals surface area contributed by atoms with Gasteiger partial charge < -0.3 is 10.6 Å². The Morgan fingerprint density at radius 2 is 2.42 bits per heavy atom. The van der Waals surface area contributed by atoms with Gasteiger partial charge >= 0.3 is 0 Å². The summed E-state index contributed by atoms with van der Waals surface area (Å²) in [7, 11) is 0. The first kappa shape index (κ1) is 13.5. The number of rotatable bonds is 3. The average molecular weight is 261 g/mol. The van der Waals surface area contributed by atoms with Crippen molar-refractivity contribution in [2.75, 3.05) is 18.4 Å². The smallest absolute Gasteiger partial charge is 0.224 e. The van der Waals surface area contributed by atoms with Crippen molar-refractivity contribution in [3.8, 4) is 6.07 Å². The molecular weight excluding hydrogens is 245 g/mol. The molecule has 0 aliphatic carbocycles. The van der Waals surface area contributed by atoms with E-state index in [2.05, 4.69) is 10.6 Å². The maximum absolute atomic E-state index is 13.1. The lowest BCUT2D eigenvalue weighted by Gasteiger charge is -2.22. The lowest BCUT2D eigenvalue weighted by molar-refractivity contribution is -0.117. The molecule has 5 heteroatoms. The number of halogens is 1. The van der Waals surface area contributed by atoms with E-state index in [9.17, 15) is 9.18 Å². The van der Waals surface area contributed by atoms with Gasteiger partial charge in [0, 0.05) is 12.1 Å². The Kier molecular flexibility index (Phi) is 4.48. The SMILES string of the molecule is N#Cc1cc(NC(=O)CC2CCCNC2)ccc1F. The number of hydrogen-bond acceptors (Lipinski definition) is 3. The summed E-state index contributed by atoms with van der Waals surface area (Å²) in [4.78, 5) is 11.8. The van der Waals surface area contributed by atoms with Gasteiger partial charge in [-0.1, -0.05) is 0 Å². The molecule has 1 aliphatic heterocycles. The zero-order chi connectivity index (χ0) is 13.7. The predicted molar refractivity (Wildman–Crippen MR) is 70.0 cm³/mol. The molecule has 1 fully saturated rings. The summed E-state index contributed by atoms with van der Waals surface area (Å²) in [5, 5.41) is 14.7. The van der Waals surface area contributed by atoms with Crippen LogP contribution in [-0.4, -0.2) is 19.0 Å². The van der Waals surface area contributed by atoms with Crippen molar-refractivity contribution in [1.29, 1.82) is 5.26 Å². The zero-order valence-electron chi connectivity index (χ0n) is 10.6. The minimum atomic E-state index is -0.572. The maximum Gasteiger partial charge on any atom is 0.224 e. The molecule has 0 spiro atoms. The van der Waals surface area contributed by atoms with Crippen molar-refractivity contribution < 1.29 is 9.18 Å². The fourth-order valence-corrected chi connectivity index (χ4v) is 2.26. The second kappa shape index (κ2) is 6.30. The molecule has 19 heavy (non-hydrogen) atoms. The summed E-state index contributed by atoms with van der Waals surface area (Å²) in [6, 6.07) is 5.76. The first-order valence-corrected chi connectivity index (χ1v) is 6.39. The fraction of sp³-hybridized carbons (Fsp3) is 0.429. The molecule has 1 saturated heterocycles. The molecule has 1 atom stereocenters. The summed E-state index contributed by atoms with van der Waals surface area (Å²) in [6.07, 6.45) is 2.59. The molecule has 0 bridgehead atoms. The van der Waals surface area contributed by atoms with Crippen LogP contribution in [0.25, 0.3) is 0 Å². The van der Waals surface area contributed by atoms with E-state index in [4.69, 9.17) is 5.26 Å². The van der Waals surface area contributed by atoms with Crippen LogP contribution in [0.3, 0.4) is 0 Å². The van der Waals surface area contributed by atoms with Gasteiger partial charge in [-0.15, -0.1) is 0 Å². The number of benzene rings is 1. The number of anilines is 1. The number of nitrogens with zero attached hydrogens (tertiary/aromatic N) is 1. The van der Waals surface area contributed by atoms with Crippen LogP contribution in [0.4, 0.5) is 10.1 Å². The number of nitrogens with one attached hydrogen (secondary N) is 2. The van der Waals surface area contributed by atoms with Gasteiger partial charge in [0.25, 0.3) is 0 Å². The maximum atomic E-state index is 13.1. The van der Waals surface area contributed by atoms with Crippen LogP contribution >= 0.6 is 0 Å². The van der Waals surface area contributed by atoms with Crippen molar-refractivity contribution >= 4 is 11.6 Å². The first-order chi connectivity index (χ1) is 9.19. The molecule has 2 N–H and O–H groups in total. The third kappa shape index (κ3) is 3.76. The number of carbonyl (C=O) groups is 1. The van der Waals surface area contributed by atoms with Gasteiger partial charge in [-0.3, -0.25) is 4.79 Å². The number of nitriles is 1. The van der Waals surface area contributed by atoms with Crippen LogP contribution in [0, 0.1) is 23.1 Å². The van der Waals surface area contributed by atoms with E-state index in [-0.39, 0.29) is 11.5 Å². The first-order valence-electron chi connectivity index (χ1n) is 6.39. The highest BCUT2D eigenvalue weighted by molar-refractivity contribution is 5.91. The van der Waals surface area contributed by atoms with Gasteiger partial charge in [-0.25, -0.2) is 4.39 Å². The highest BCUT2D eigenvalue weighted by Gasteiger charge is 2.17. The van der Waals surface area contributed by atoms with Crippen molar-refractivity contribution in [2.45, 2.75) is 19.3 Å². The summed E-state index contributed by atoms with van der Waals surface area (Å²) < 4.78 is 13.1. The van der Waals surface area contributed by atoms with Gasteiger partial charge in [0.1, 0.15) is 11.9 Å². The molecule has 1 aromatic rings. The molecule has 1 heterocycles. The third-order valence-corrected chi connectivity index (χ3v) is 3.24. The molecule has 0 saturated carbocycles. The van der Waals surface area contributed by atoms with E-state index in [1.54, 1.807) is 6.07 Å². The van der Waals surface area contributed by atoms with E-state index in [1.165, 1.54) is 18.2 Å². The minimum Gasteiger partial charge on any atom is -0.326 e. The van der Waals surface area contributed by atoms with Crippen LogP contribution in [-0.2, 0) is 4.79 Å². The van der Waals surface area contributed by atoms with Gasteiger partial charge in [-0.05, 0) is 50.0 Å². The summed E-state index contributed by atoms with van der Waals surface area (Å²) in [6.45, 7) is 1.88. The van der Waals surface area contributed by atoms with Gasteiger partial charge in [0.15, 0.2) is 0 Å². The Balaban J connectivity index is 1.93. The molecule has 1 aliphatic rings. The molecule has 4 nitrogen and oxygen atoms in total. The molecule has 1 aromatic carbocycles. The molecule has 0 aromatic heterocycles. The summed E-state index contributed by atoms with van der Waals surface area (Å²) in [5.74, 6) is -0.314. The van der Waals surface area contributed by atoms with Crippen molar-refractivity contribution in [3.05, 3.63) is 29.6 Å². The van der Waals surface area contributed by atoms with Crippen LogP contribution in [0.15, 0.2) is 18.2 Å². The molecule has 1 amide bonds. The molecular formula is C14H16FN3O. The Hall–Kier alpha value is -1.93. The largest absolute Gasteiger partial charge is 0.326 e. The van der Waals surface area contributed by atoms with E-state index in [0.717, 1.165) is 25.9 Å². The van der Waals surface area contributed by atoms with E-state index in [0.29, 0.717) is 18.0 Å². The monoisotopic (exact) mass is 261 g/mol. The lowest BCUT2D eigenvalue weighted by atomic mass is 9.96. The fourth-order valence-electron chi connectivity index (χ4n) is 2.26. The number of hydrogen-bond donors (Lipinski definition) is 2. The van der Waals surface area contributed by atoms with Crippen LogP contribution in [0.2, 0.25) is 0 Å². The van der Waals surface area contributed by atoms with Crippen LogP contribution in [0.5, 0.6) is 0 Å². The standard InChI is InChI=1S/C14H16FN3O/c15-13-4-3-12(7-11(13)8-16)18-14(19)6-10-2-1-5-17-9-10/h3-4,7,10,17H,1-2,5-6,9H2,(H,18,19). The Bertz CT molecular complexity index is 504. The minimum absolute atomic E-state index is 0.0582. The molecule has 0 radical (unpaired) electrons. The molecule has 1 unspecified atom stereocenters. The highest BCUT2D eigenvalue weighted by atomic mass is 19.1. The summed E-state index contributed by atoms with van der Waals surface area (Å²) >= 11 is 0. The highest BCUT2D eigenvalue weighted by Crippen LogP contribution is 2.17. The van der Waals surface area contributed by atoms with Crippen molar-refractivity contribution in [1.82, 2.24) is 5.32 Å². The molecule has 100 valence electrons. The number of carbonyl (C=O) groups excluding carboxylic acids is 1.